The van der Waals surface area contributed by atoms with E-state index in [1.165, 1.54) is 0 Å². The molecule has 6 nitrogen and oxygen atoms in total. The summed E-state index contributed by atoms with van der Waals surface area (Å²) in [7, 11) is 0. The second-order valence-electron chi connectivity index (χ2n) is 8.53. The molecule has 2 aromatic rings. The molecule has 2 aliphatic heterocycles. The van der Waals surface area contributed by atoms with Gasteiger partial charge in [0.1, 0.15) is 11.4 Å². The van der Waals surface area contributed by atoms with Crippen molar-refractivity contribution in [1.82, 2.24) is 4.90 Å². The molecule has 0 aromatic heterocycles. The van der Waals surface area contributed by atoms with Crippen molar-refractivity contribution in [2.24, 2.45) is 0 Å². The first kappa shape index (κ1) is 22.1. The molecule has 4 rings (SSSR count). The van der Waals surface area contributed by atoms with E-state index < -0.39 is 12.2 Å². The lowest BCUT2D eigenvalue weighted by molar-refractivity contribution is -0.115. The fourth-order valence-corrected chi connectivity index (χ4v) is 4.63. The topological polar surface area (TPSA) is 82.0 Å². The van der Waals surface area contributed by atoms with Crippen LogP contribution in [-0.2, 0) is 4.79 Å². The molecular formula is C24H29ClN2O4. The Hall–Kier alpha value is -2.12. The first-order chi connectivity index (χ1) is 14.9. The van der Waals surface area contributed by atoms with Crippen LogP contribution >= 0.6 is 11.6 Å². The number of aliphatic hydroxyl groups is 2. The highest BCUT2D eigenvalue weighted by Crippen LogP contribution is 2.45. The van der Waals surface area contributed by atoms with Crippen molar-refractivity contribution < 1.29 is 19.7 Å². The fourth-order valence-electron chi connectivity index (χ4n) is 4.45. The number of aliphatic hydroxyl groups excluding tert-OH is 2. The number of halogens is 1. The number of nitrogens with zero attached hydrogens (tertiary/aromatic N) is 1. The summed E-state index contributed by atoms with van der Waals surface area (Å²) in [5, 5.41) is 24.7. The van der Waals surface area contributed by atoms with Crippen LogP contribution in [0, 0.1) is 0 Å². The van der Waals surface area contributed by atoms with Gasteiger partial charge < -0.3 is 25.2 Å². The quantitative estimate of drug-likeness (QED) is 0.647. The van der Waals surface area contributed by atoms with Gasteiger partial charge >= 0.3 is 0 Å². The predicted molar refractivity (Wildman–Crippen MR) is 120 cm³/mol. The largest absolute Gasteiger partial charge is 0.487 e. The van der Waals surface area contributed by atoms with E-state index in [0.717, 1.165) is 42.7 Å². The number of hydrogen-bond acceptors (Lipinski definition) is 5. The second kappa shape index (κ2) is 9.17. The van der Waals surface area contributed by atoms with Crippen LogP contribution in [0.5, 0.6) is 5.75 Å². The van der Waals surface area contributed by atoms with Gasteiger partial charge in [-0.25, -0.2) is 0 Å². The molecule has 0 aliphatic carbocycles. The second-order valence-corrected chi connectivity index (χ2v) is 8.96. The normalized spacial score (nSPS) is 21.2. The zero-order valence-electron chi connectivity index (χ0n) is 17.7. The molecule has 31 heavy (non-hydrogen) atoms. The Bertz CT molecular complexity index is 926. The smallest absolute Gasteiger partial charge is 0.224 e. The van der Waals surface area contributed by atoms with Gasteiger partial charge in [-0.05, 0) is 48.7 Å². The summed E-state index contributed by atoms with van der Waals surface area (Å²) in [5.41, 5.74) is 1.94. The molecule has 1 spiro atoms. The van der Waals surface area contributed by atoms with Gasteiger partial charge in [-0.1, -0.05) is 30.7 Å². The third-order valence-electron chi connectivity index (χ3n) is 6.32. The molecule has 0 saturated carbocycles. The molecule has 166 valence electrons. The van der Waals surface area contributed by atoms with E-state index in [2.05, 4.69) is 10.2 Å². The maximum absolute atomic E-state index is 11.5. The molecular weight excluding hydrogens is 416 g/mol. The Morgan fingerprint density at radius 1 is 1.26 bits per heavy atom. The molecule has 7 heteroatoms. The summed E-state index contributed by atoms with van der Waals surface area (Å²) < 4.78 is 6.34. The van der Waals surface area contributed by atoms with Crippen LogP contribution in [0.15, 0.2) is 42.5 Å². The monoisotopic (exact) mass is 444 g/mol. The van der Waals surface area contributed by atoms with Crippen LogP contribution in [0.3, 0.4) is 0 Å². The van der Waals surface area contributed by atoms with Gasteiger partial charge in [0.25, 0.3) is 0 Å². The third kappa shape index (κ3) is 5.04. The van der Waals surface area contributed by atoms with Crippen LogP contribution in [0.25, 0.3) is 0 Å². The van der Waals surface area contributed by atoms with Gasteiger partial charge in [-0.2, -0.15) is 0 Å². The lowest BCUT2D eigenvalue weighted by Crippen LogP contribution is -2.51. The summed E-state index contributed by atoms with van der Waals surface area (Å²) in [4.78, 5) is 13.7. The van der Waals surface area contributed by atoms with Crippen molar-refractivity contribution in [3.8, 4) is 5.75 Å². The van der Waals surface area contributed by atoms with Gasteiger partial charge in [0.05, 0.1) is 12.2 Å². The van der Waals surface area contributed by atoms with Crippen LogP contribution < -0.4 is 10.1 Å². The number of hydrogen-bond donors (Lipinski definition) is 3. The number of nitrogens with one attached hydrogen (secondary N) is 1. The molecule has 0 radical (unpaired) electrons. The molecule has 2 aromatic carbocycles. The van der Waals surface area contributed by atoms with Gasteiger partial charge in [-0.3, -0.25) is 4.79 Å². The highest BCUT2D eigenvalue weighted by atomic mass is 35.5. The predicted octanol–water partition coefficient (Wildman–Crippen LogP) is 4.07. The lowest BCUT2D eigenvalue weighted by atomic mass is 9.81. The van der Waals surface area contributed by atoms with E-state index in [9.17, 15) is 15.0 Å². The zero-order chi connectivity index (χ0) is 22.0. The molecule has 2 heterocycles. The van der Waals surface area contributed by atoms with Crippen molar-refractivity contribution in [3.63, 3.8) is 0 Å². The highest BCUT2D eigenvalue weighted by Gasteiger charge is 2.43. The van der Waals surface area contributed by atoms with Gasteiger partial charge in [0, 0.05) is 48.7 Å². The van der Waals surface area contributed by atoms with Crippen LogP contribution in [0.2, 0.25) is 5.02 Å². The van der Waals surface area contributed by atoms with E-state index in [0.29, 0.717) is 30.2 Å². The van der Waals surface area contributed by atoms with E-state index >= 15 is 0 Å². The Labute approximate surface area is 187 Å². The molecule has 0 unspecified atom stereocenters. The Kier molecular flexibility index (Phi) is 6.53. The maximum atomic E-state index is 11.5. The number of ether oxygens (including phenoxy) is 1. The summed E-state index contributed by atoms with van der Waals surface area (Å²) in [6.45, 7) is 3.92. The van der Waals surface area contributed by atoms with Crippen molar-refractivity contribution >= 4 is 23.2 Å². The standard InChI is InChI=1S/C24H29ClN2O4/c1-2-23(30)26-18-6-3-16(4-7-18)21(29)15-27-11-9-24(10-12-27)14-20(28)19-13-17(25)5-8-22(19)31-24/h3-8,13,20-21,28-29H,2,9-12,14-15H2,1H3,(H,26,30)/t20-,21+/m0/s1. The number of benzene rings is 2. The lowest BCUT2D eigenvalue weighted by Gasteiger charge is -2.46. The number of likely N-dealkylation sites (tertiary alicyclic amines) is 1. The third-order valence-corrected chi connectivity index (χ3v) is 6.56. The van der Waals surface area contributed by atoms with E-state index in [1.807, 2.05) is 37.3 Å². The van der Waals surface area contributed by atoms with Crippen LogP contribution in [0.4, 0.5) is 5.69 Å². The number of amides is 1. The first-order valence-corrected chi connectivity index (χ1v) is 11.2. The number of carbonyl (C=O) groups is 1. The molecule has 0 bridgehead atoms. The van der Waals surface area contributed by atoms with E-state index in [1.54, 1.807) is 12.1 Å². The van der Waals surface area contributed by atoms with Crippen LogP contribution in [0.1, 0.15) is 55.9 Å². The average Bonchev–Trinajstić information content (AvgIpc) is 2.76. The summed E-state index contributed by atoms with van der Waals surface area (Å²) in [6.07, 6.45) is 1.39. The van der Waals surface area contributed by atoms with E-state index in [4.69, 9.17) is 16.3 Å². The summed E-state index contributed by atoms with van der Waals surface area (Å²) in [5.74, 6) is 0.684. The molecule has 2 atom stereocenters. The SMILES string of the molecule is CCC(=O)Nc1ccc([C@H](O)CN2CCC3(CC2)C[C@H](O)c2cc(Cl)ccc2O3)cc1. The molecule has 3 N–H and O–H groups in total. The number of anilines is 1. The molecule has 1 amide bonds. The Morgan fingerprint density at radius 3 is 2.65 bits per heavy atom. The van der Waals surface area contributed by atoms with Crippen LogP contribution in [-0.4, -0.2) is 46.3 Å². The van der Waals surface area contributed by atoms with E-state index in [-0.39, 0.29) is 11.5 Å². The highest BCUT2D eigenvalue weighted by molar-refractivity contribution is 6.30. The molecule has 1 saturated heterocycles. The van der Waals surface area contributed by atoms with Crippen molar-refractivity contribution in [2.45, 2.75) is 50.4 Å². The fraction of sp³-hybridized carbons (Fsp3) is 0.458. The Balaban J connectivity index is 1.33. The molecule has 1 fully saturated rings. The van der Waals surface area contributed by atoms with Gasteiger partial charge in [-0.15, -0.1) is 0 Å². The van der Waals surface area contributed by atoms with Crippen molar-refractivity contribution in [3.05, 3.63) is 58.6 Å². The van der Waals surface area contributed by atoms with Crippen molar-refractivity contribution in [2.75, 3.05) is 25.0 Å². The first-order valence-electron chi connectivity index (χ1n) is 10.8. The average molecular weight is 445 g/mol. The summed E-state index contributed by atoms with van der Waals surface area (Å²) in [6, 6.07) is 12.7. The summed E-state index contributed by atoms with van der Waals surface area (Å²) >= 11 is 6.06. The zero-order valence-corrected chi connectivity index (χ0v) is 18.4. The van der Waals surface area contributed by atoms with Crippen molar-refractivity contribution in [1.29, 1.82) is 0 Å². The number of piperidine rings is 1. The number of rotatable bonds is 5. The number of fused-ring (bicyclic) bond motifs is 1. The molecule has 2 aliphatic rings. The van der Waals surface area contributed by atoms with Gasteiger partial charge in [0.15, 0.2) is 0 Å². The minimum absolute atomic E-state index is 0.0312. The van der Waals surface area contributed by atoms with Gasteiger partial charge in [0.2, 0.25) is 5.91 Å². The maximum Gasteiger partial charge on any atom is 0.224 e. The minimum atomic E-state index is -0.606. The minimum Gasteiger partial charge on any atom is -0.487 e. The number of β-amino-alcohol motifs (C(OH)–C–C–N with tert-alkyl or cyclic N) is 1. The Morgan fingerprint density at radius 2 is 1.97 bits per heavy atom. The number of carbonyl (C=O) groups excluding carboxylic acids is 1.